The smallest absolute Gasteiger partial charge is 0.337 e. The number of aromatic hydroxyl groups is 1. The standard InChI is InChI=1S/C25H27N5O7/c1-4-36-18-11-14(21-20(24(33)35-3)13(2)26-25(34)28-21)9-10-17(18)37-12-19(31)29-30-22-15-7-5-6-8-16(15)27-23(22)32/h5-11,19,21,27,31-32H,4,12H2,1-3H3,(H2,26,28,34)/t19-,21-/m0/s1. The number of allylic oxidation sites excluding steroid dienone is 1. The van der Waals surface area contributed by atoms with Gasteiger partial charge in [0.15, 0.2) is 17.2 Å². The molecule has 0 saturated carbocycles. The number of carbonyl (C=O) groups excluding carboxylic acids is 2. The van der Waals surface area contributed by atoms with Crippen molar-refractivity contribution in [3.63, 3.8) is 0 Å². The van der Waals surface area contributed by atoms with E-state index in [4.69, 9.17) is 14.2 Å². The molecule has 2 heterocycles. The maximum absolute atomic E-state index is 12.4. The fourth-order valence-electron chi connectivity index (χ4n) is 3.95. The molecule has 12 nitrogen and oxygen atoms in total. The number of rotatable bonds is 9. The van der Waals surface area contributed by atoms with E-state index in [9.17, 15) is 19.8 Å². The minimum absolute atomic E-state index is 0.159. The average molecular weight is 510 g/mol. The van der Waals surface area contributed by atoms with Gasteiger partial charge in [-0.2, -0.15) is 5.11 Å². The fraction of sp³-hybridized carbons (Fsp3) is 0.280. The lowest BCUT2D eigenvalue weighted by atomic mass is 9.95. The number of methoxy groups -OCH3 is 1. The van der Waals surface area contributed by atoms with Crippen LogP contribution in [0.2, 0.25) is 0 Å². The number of aliphatic hydroxyl groups excluding tert-OH is 1. The Hall–Kier alpha value is -4.58. The van der Waals surface area contributed by atoms with Crippen LogP contribution in [-0.2, 0) is 9.53 Å². The highest BCUT2D eigenvalue weighted by atomic mass is 16.5. The number of aliphatic hydroxyl groups is 1. The second-order valence-electron chi connectivity index (χ2n) is 8.08. The number of urea groups is 1. The molecule has 1 aromatic heterocycles. The minimum Gasteiger partial charge on any atom is -0.493 e. The molecule has 0 spiro atoms. The van der Waals surface area contributed by atoms with Crippen molar-refractivity contribution in [3.8, 4) is 17.4 Å². The van der Waals surface area contributed by atoms with Crippen molar-refractivity contribution in [3.05, 3.63) is 59.3 Å². The van der Waals surface area contributed by atoms with Crippen LogP contribution in [0.3, 0.4) is 0 Å². The van der Waals surface area contributed by atoms with Gasteiger partial charge in [0.1, 0.15) is 6.61 Å². The molecule has 0 saturated heterocycles. The van der Waals surface area contributed by atoms with Gasteiger partial charge in [0.2, 0.25) is 12.1 Å². The normalized spacial score (nSPS) is 16.4. The number of ether oxygens (including phenoxy) is 3. The zero-order chi connectivity index (χ0) is 26.5. The van der Waals surface area contributed by atoms with Crippen LogP contribution in [0.4, 0.5) is 10.5 Å². The van der Waals surface area contributed by atoms with Crippen LogP contribution in [-0.4, -0.2) is 53.7 Å². The van der Waals surface area contributed by atoms with Gasteiger partial charge < -0.3 is 40.0 Å². The lowest BCUT2D eigenvalue weighted by Gasteiger charge is -2.28. The molecule has 0 radical (unpaired) electrons. The number of nitrogens with one attached hydrogen (secondary N) is 3. The number of azo groups is 1. The van der Waals surface area contributed by atoms with E-state index in [1.807, 2.05) is 6.07 Å². The van der Waals surface area contributed by atoms with Gasteiger partial charge in [0.25, 0.3) is 0 Å². The number of carbonyl (C=O) groups is 2. The number of esters is 1. The molecule has 194 valence electrons. The van der Waals surface area contributed by atoms with Crippen molar-refractivity contribution in [2.75, 3.05) is 20.3 Å². The van der Waals surface area contributed by atoms with Gasteiger partial charge >= 0.3 is 12.0 Å². The van der Waals surface area contributed by atoms with Crippen LogP contribution in [0.25, 0.3) is 10.9 Å². The Morgan fingerprint density at radius 1 is 1.16 bits per heavy atom. The number of fused-ring (bicyclic) bond motifs is 1. The molecule has 4 rings (SSSR count). The molecule has 0 fully saturated rings. The summed E-state index contributed by atoms with van der Waals surface area (Å²) in [5, 5.41) is 34.1. The van der Waals surface area contributed by atoms with Crippen molar-refractivity contribution in [1.82, 2.24) is 15.6 Å². The van der Waals surface area contributed by atoms with Gasteiger partial charge in [0, 0.05) is 11.1 Å². The zero-order valence-corrected chi connectivity index (χ0v) is 20.4. The van der Waals surface area contributed by atoms with Gasteiger partial charge in [-0.15, -0.1) is 5.11 Å². The average Bonchev–Trinajstić information content (AvgIpc) is 3.20. The summed E-state index contributed by atoms with van der Waals surface area (Å²) in [4.78, 5) is 27.2. The number of H-pyrrole nitrogens is 1. The fourth-order valence-corrected chi connectivity index (χ4v) is 3.95. The van der Waals surface area contributed by atoms with E-state index < -0.39 is 24.3 Å². The third-order valence-electron chi connectivity index (χ3n) is 5.61. The SMILES string of the molecule is CCOc1cc([C@@H]2NC(=O)NC(C)=C2C(=O)OC)ccc1OC[C@H](O)N=Nc1c(O)[nH]c2ccccc12. The first-order chi connectivity index (χ1) is 17.8. The van der Waals surface area contributed by atoms with Crippen LogP contribution in [0.5, 0.6) is 17.4 Å². The molecule has 2 amide bonds. The molecule has 0 bridgehead atoms. The summed E-state index contributed by atoms with van der Waals surface area (Å²) in [6.07, 6.45) is -1.33. The second-order valence-corrected chi connectivity index (χ2v) is 8.08. The summed E-state index contributed by atoms with van der Waals surface area (Å²) >= 11 is 0. The largest absolute Gasteiger partial charge is 0.493 e. The number of para-hydroxylation sites is 1. The van der Waals surface area contributed by atoms with E-state index in [-0.39, 0.29) is 23.7 Å². The molecule has 37 heavy (non-hydrogen) atoms. The van der Waals surface area contributed by atoms with E-state index in [0.29, 0.717) is 40.3 Å². The van der Waals surface area contributed by atoms with Gasteiger partial charge in [-0.05, 0) is 37.6 Å². The predicted octanol–water partition coefficient (Wildman–Crippen LogP) is 3.55. The van der Waals surface area contributed by atoms with Crippen molar-refractivity contribution >= 4 is 28.6 Å². The van der Waals surface area contributed by atoms with Crippen molar-refractivity contribution in [2.45, 2.75) is 26.1 Å². The minimum atomic E-state index is -1.33. The van der Waals surface area contributed by atoms with E-state index >= 15 is 0 Å². The van der Waals surface area contributed by atoms with E-state index in [0.717, 1.165) is 0 Å². The Morgan fingerprint density at radius 2 is 1.95 bits per heavy atom. The molecule has 2 atom stereocenters. The lowest BCUT2D eigenvalue weighted by molar-refractivity contribution is -0.136. The molecule has 1 aliphatic heterocycles. The predicted molar refractivity (Wildman–Crippen MR) is 133 cm³/mol. The monoisotopic (exact) mass is 509 g/mol. The Bertz CT molecular complexity index is 1380. The molecular formula is C25H27N5O7. The van der Waals surface area contributed by atoms with Gasteiger partial charge in [-0.1, -0.05) is 24.3 Å². The van der Waals surface area contributed by atoms with Gasteiger partial charge in [-0.25, -0.2) is 9.59 Å². The van der Waals surface area contributed by atoms with Crippen LogP contribution in [0.1, 0.15) is 25.5 Å². The van der Waals surface area contributed by atoms with E-state index in [2.05, 4.69) is 25.8 Å². The molecule has 5 N–H and O–H groups in total. The number of amides is 2. The molecule has 2 aromatic carbocycles. The van der Waals surface area contributed by atoms with E-state index in [1.165, 1.54) is 7.11 Å². The Morgan fingerprint density at radius 3 is 2.70 bits per heavy atom. The van der Waals surface area contributed by atoms with Crippen molar-refractivity contribution < 1.29 is 34.0 Å². The highest BCUT2D eigenvalue weighted by molar-refractivity contribution is 5.95. The first kappa shape index (κ1) is 25.5. The molecule has 0 unspecified atom stereocenters. The highest BCUT2D eigenvalue weighted by Crippen LogP contribution is 2.36. The van der Waals surface area contributed by atoms with Gasteiger partial charge in [0.05, 0.1) is 30.8 Å². The number of hydrogen-bond acceptors (Lipinski definition) is 9. The molecule has 12 heteroatoms. The van der Waals surface area contributed by atoms with Crippen LogP contribution >= 0.6 is 0 Å². The van der Waals surface area contributed by atoms with Crippen LogP contribution in [0, 0.1) is 0 Å². The van der Waals surface area contributed by atoms with Crippen LogP contribution < -0.4 is 20.1 Å². The van der Waals surface area contributed by atoms with E-state index in [1.54, 1.807) is 50.2 Å². The van der Waals surface area contributed by atoms with Gasteiger partial charge in [-0.3, -0.25) is 0 Å². The number of nitrogens with zero attached hydrogens (tertiary/aromatic N) is 2. The summed E-state index contributed by atoms with van der Waals surface area (Å²) in [5.74, 6) is -0.0839. The van der Waals surface area contributed by atoms with Crippen LogP contribution in [0.15, 0.2) is 64.0 Å². The Kier molecular flexibility index (Phi) is 7.58. The summed E-state index contributed by atoms with van der Waals surface area (Å²) in [7, 11) is 1.27. The number of benzene rings is 2. The highest BCUT2D eigenvalue weighted by Gasteiger charge is 2.32. The summed E-state index contributed by atoms with van der Waals surface area (Å²) < 4.78 is 16.3. The van der Waals surface area contributed by atoms with Crippen molar-refractivity contribution in [1.29, 1.82) is 0 Å². The molecule has 1 aliphatic rings. The van der Waals surface area contributed by atoms with Crippen molar-refractivity contribution in [2.24, 2.45) is 10.2 Å². The summed E-state index contributed by atoms with van der Waals surface area (Å²) in [6, 6.07) is 10.9. The lowest BCUT2D eigenvalue weighted by Crippen LogP contribution is -2.45. The third-order valence-corrected chi connectivity index (χ3v) is 5.61. The molecule has 3 aromatic rings. The Labute approximate surface area is 211 Å². The number of hydrogen-bond donors (Lipinski definition) is 5. The summed E-state index contributed by atoms with van der Waals surface area (Å²) in [5.41, 5.74) is 2.11. The maximum Gasteiger partial charge on any atom is 0.337 e. The molecular weight excluding hydrogens is 482 g/mol. The topological polar surface area (TPSA) is 167 Å². The number of aromatic amines is 1. The first-order valence-electron chi connectivity index (χ1n) is 11.5. The molecule has 0 aliphatic carbocycles. The summed E-state index contributed by atoms with van der Waals surface area (Å²) in [6.45, 7) is 3.48. The quantitative estimate of drug-likeness (QED) is 0.217. The Balaban J connectivity index is 1.51. The second kappa shape index (κ2) is 11.0. The third kappa shape index (κ3) is 5.48. The zero-order valence-electron chi connectivity index (χ0n) is 20.4. The first-order valence-corrected chi connectivity index (χ1v) is 11.5. The maximum atomic E-state index is 12.4. The number of aromatic nitrogens is 1.